The molecular weight excluding hydrogens is 264 g/mol. The topological polar surface area (TPSA) is 55.4 Å². The highest BCUT2D eigenvalue weighted by molar-refractivity contribution is 4.96. The molecule has 0 saturated carbocycles. The van der Waals surface area contributed by atoms with Crippen LogP contribution in [0.3, 0.4) is 0 Å². The molecule has 0 aromatic carbocycles. The molecule has 21 heavy (non-hydrogen) atoms. The van der Waals surface area contributed by atoms with Gasteiger partial charge >= 0.3 is 0 Å². The Hall–Kier alpha value is -0.910. The van der Waals surface area contributed by atoms with Gasteiger partial charge in [-0.1, -0.05) is 12.8 Å². The highest BCUT2D eigenvalue weighted by Crippen LogP contribution is 2.26. The maximum Gasteiger partial charge on any atom is 0.0922 e. The number of aromatic amines is 1. The highest BCUT2D eigenvalue weighted by Gasteiger charge is 2.33. The van der Waals surface area contributed by atoms with Crippen molar-refractivity contribution >= 4 is 0 Å². The van der Waals surface area contributed by atoms with Crippen molar-refractivity contribution in [3.63, 3.8) is 0 Å². The summed E-state index contributed by atoms with van der Waals surface area (Å²) in [5, 5.41) is 9.70. The van der Waals surface area contributed by atoms with Gasteiger partial charge in [0, 0.05) is 44.7 Å². The van der Waals surface area contributed by atoms with Crippen LogP contribution in [0.1, 0.15) is 31.4 Å². The van der Waals surface area contributed by atoms with E-state index in [0.29, 0.717) is 18.4 Å². The molecule has 2 aliphatic heterocycles. The minimum Gasteiger partial charge on any atom is -0.396 e. The highest BCUT2D eigenvalue weighted by atomic mass is 16.3. The normalized spacial score (nSPS) is 28.8. The Labute approximate surface area is 127 Å². The molecule has 2 fully saturated rings. The van der Waals surface area contributed by atoms with E-state index >= 15 is 0 Å². The average molecular weight is 292 g/mol. The van der Waals surface area contributed by atoms with Gasteiger partial charge < -0.3 is 15.0 Å². The molecule has 3 heterocycles. The number of rotatable bonds is 5. The van der Waals surface area contributed by atoms with E-state index < -0.39 is 0 Å². The van der Waals surface area contributed by atoms with E-state index in [4.69, 9.17) is 0 Å². The fraction of sp³-hybridized carbons (Fsp3) is 0.812. The van der Waals surface area contributed by atoms with Crippen molar-refractivity contribution in [3.8, 4) is 0 Å². The van der Waals surface area contributed by atoms with E-state index in [9.17, 15) is 5.11 Å². The third-order valence-electron chi connectivity index (χ3n) is 5.03. The number of aliphatic hydroxyl groups is 1. The van der Waals surface area contributed by atoms with E-state index in [-0.39, 0.29) is 0 Å². The van der Waals surface area contributed by atoms with Gasteiger partial charge in [0.25, 0.3) is 0 Å². The van der Waals surface area contributed by atoms with E-state index in [1.807, 2.05) is 6.20 Å². The zero-order valence-corrected chi connectivity index (χ0v) is 12.9. The summed E-state index contributed by atoms with van der Waals surface area (Å²) in [6.07, 6.45) is 9.09. The SMILES string of the molecule is OC[C@@H]1CN(Cc2cnc[nH]2)C[C@@H]1CN1CCCCCC1. The minimum absolute atomic E-state index is 0.317. The molecule has 0 radical (unpaired) electrons. The average Bonchev–Trinajstić information content (AvgIpc) is 3.04. The van der Waals surface area contributed by atoms with E-state index in [1.54, 1.807) is 6.33 Å². The zero-order chi connectivity index (χ0) is 14.5. The Morgan fingerprint density at radius 2 is 1.86 bits per heavy atom. The Morgan fingerprint density at radius 1 is 1.10 bits per heavy atom. The van der Waals surface area contributed by atoms with Crippen molar-refractivity contribution in [2.45, 2.75) is 32.2 Å². The summed E-state index contributed by atoms with van der Waals surface area (Å²) in [7, 11) is 0. The largest absolute Gasteiger partial charge is 0.396 e. The molecule has 3 rings (SSSR count). The zero-order valence-electron chi connectivity index (χ0n) is 12.9. The van der Waals surface area contributed by atoms with Crippen LogP contribution in [-0.2, 0) is 6.54 Å². The molecule has 2 saturated heterocycles. The van der Waals surface area contributed by atoms with Gasteiger partial charge in [-0.15, -0.1) is 0 Å². The van der Waals surface area contributed by atoms with E-state index in [1.165, 1.54) is 44.5 Å². The van der Waals surface area contributed by atoms with Crippen molar-refractivity contribution in [1.82, 2.24) is 19.8 Å². The third kappa shape index (κ3) is 4.05. The predicted octanol–water partition coefficient (Wildman–Crippen LogP) is 1.33. The number of aromatic nitrogens is 2. The van der Waals surface area contributed by atoms with Crippen LogP contribution in [0.15, 0.2) is 12.5 Å². The predicted molar refractivity (Wildman–Crippen MR) is 82.8 cm³/mol. The maximum atomic E-state index is 9.70. The second-order valence-electron chi connectivity index (χ2n) is 6.69. The Kier molecular flexibility index (Phi) is 5.27. The number of likely N-dealkylation sites (tertiary alicyclic amines) is 2. The Morgan fingerprint density at radius 3 is 2.52 bits per heavy atom. The first-order chi connectivity index (χ1) is 10.3. The molecule has 2 N–H and O–H groups in total. The van der Waals surface area contributed by atoms with Crippen molar-refractivity contribution in [1.29, 1.82) is 0 Å². The molecule has 5 heteroatoms. The van der Waals surface area contributed by atoms with Gasteiger partial charge in [0.05, 0.1) is 6.33 Å². The van der Waals surface area contributed by atoms with Gasteiger partial charge in [0.15, 0.2) is 0 Å². The first-order valence-corrected chi connectivity index (χ1v) is 8.38. The molecule has 1 aromatic rings. The standard InChI is InChI=1S/C16H28N4O/c21-12-15-10-20(11-16-7-17-13-18-16)9-14(15)8-19-5-3-1-2-4-6-19/h7,13-15,21H,1-6,8-12H2,(H,17,18)/t14-,15-/m0/s1. The number of H-pyrrole nitrogens is 1. The second kappa shape index (κ2) is 7.38. The van der Waals surface area contributed by atoms with Crippen molar-refractivity contribution in [3.05, 3.63) is 18.2 Å². The minimum atomic E-state index is 0.317. The summed E-state index contributed by atoms with van der Waals surface area (Å²) < 4.78 is 0. The molecule has 0 bridgehead atoms. The molecule has 1 aromatic heterocycles. The first kappa shape index (κ1) is 15.0. The van der Waals surface area contributed by atoms with Gasteiger partial charge in [-0.05, 0) is 37.8 Å². The molecule has 0 aliphatic carbocycles. The summed E-state index contributed by atoms with van der Waals surface area (Å²) >= 11 is 0. The van der Waals surface area contributed by atoms with Crippen LogP contribution < -0.4 is 0 Å². The molecular formula is C16H28N4O. The van der Waals surface area contributed by atoms with Crippen molar-refractivity contribution < 1.29 is 5.11 Å². The monoisotopic (exact) mass is 292 g/mol. The molecule has 118 valence electrons. The van der Waals surface area contributed by atoms with Gasteiger partial charge in [-0.3, -0.25) is 4.90 Å². The van der Waals surface area contributed by atoms with Gasteiger partial charge in [-0.2, -0.15) is 0 Å². The van der Waals surface area contributed by atoms with Crippen LogP contribution in [-0.4, -0.2) is 64.2 Å². The molecule has 2 atom stereocenters. The number of imidazole rings is 1. The molecule has 5 nitrogen and oxygen atoms in total. The third-order valence-corrected chi connectivity index (χ3v) is 5.03. The smallest absolute Gasteiger partial charge is 0.0922 e. The van der Waals surface area contributed by atoms with Gasteiger partial charge in [0.1, 0.15) is 0 Å². The number of nitrogens with zero attached hydrogens (tertiary/aromatic N) is 3. The van der Waals surface area contributed by atoms with E-state index in [2.05, 4.69) is 19.8 Å². The molecule has 2 aliphatic rings. The lowest BCUT2D eigenvalue weighted by Gasteiger charge is -2.26. The fourth-order valence-corrected chi connectivity index (χ4v) is 3.84. The summed E-state index contributed by atoms with van der Waals surface area (Å²) in [6, 6.07) is 0. The maximum absolute atomic E-state index is 9.70. The van der Waals surface area contributed by atoms with Crippen LogP contribution in [0.5, 0.6) is 0 Å². The van der Waals surface area contributed by atoms with Crippen LogP contribution in [0.4, 0.5) is 0 Å². The van der Waals surface area contributed by atoms with Gasteiger partial charge in [-0.25, -0.2) is 4.98 Å². The van der Waals surface area contributed by atoms with Crippen LogP contribution in [0, 0.1) is 11.8 Å². The Bertz CT molecular complexity index is 400. The van der Waals surface area contributed by atoms with E-state index in [0.717, 1.165) is 26.2 Å². The van der Waals surface area contributed by atoms with Crippen LogP contribution in [0.2, 0.25) is 0 Å². The quantitative estimate of drug-likeness (QED) is 0.859. The van der Waals surface area contributed by atoms with Crippen molar-refractivity contribution in [2.75, 3.05) is 39.3 Å². The van der Waals surface area contributed by atoms with Crippen LogP contribution >= 0.6 is 0 Å². The lowest BCUT2D eigenvalue weighted by atomic mass is 9.96. The summed E-state index contributed by atoms with van der Waals surface area (Å²) in [5.74, 6) is 1.03. The number of hydrogen-bond donors (Lipinski definition) is 2. The first-order valence-electron chi connectivity index (χ1n) is 8.38. The lowest BCUT2D eigenvalue weighted by molar-refractivity contribution is 0.165. The van der Waals surface area contributed by atoms with Crippen LogP contribution in [0.25, 0.3) is 0 Å². The van der Waals surface area contributed by atoms with Gasteiger partial charge in [0.2, 0.25) is 0 Å². The molecule has 0 unspecified atom stereocenters. The van der Waals surface area contributed by atoms with Crippen molar-refractivity contribution in [2.24, 2.45) is 11.8 Å². The second-order valence-corrected chi connectivity index (χ2v) is 6.69. The number of nitrogens with one attached hydrogen (secondary N) is 1. The molecule has 0 spiro atoms. The number of aliphatic hydroxyl groups excluding tert-OH is 1. The number of hydrogen-bond acceptors (Lipinski definition) is 4. The summed E-state index contributed by atoms with van der Waals surface area (Å²) in [5.41, 5.74) is 1.17. The summed E-state index contributed by atoms with van der Waals surface area (Å²) in [4.78, 5) is 12.3. The fourth-order valence-electron chi connectivity index (χ4n) is 3.84. The molecule has 0 amide bonds. The summed E-state index contributed by atoms with van der Waals surface area (Å²) in [6.45, 7) is 6.99. The Balaban J connectivity index is 1.53. The lowest BCUT2D eigenvalue weighted by Crippen LogP contribution is -2.34.